The van der Waals surface area contributed by atoms with Crippen molar-refractivity contribution in [3.63, 3.8) is 0 Å². The van der Waals surface area contributed by atoms with E-state index in [9.17, 15) is 0 Å². The molecule has 0 amide bonds. The highest BCUT2D eigenvalue weighted by Gasteiger charge is 2.03. The number of benzene rings is 2. The second-order valence-corrected chi connectivity index (χ2v) is 7.14. The van der Waals surface area contributed by atoms with Crippen molar-refractivity contribution < 1.29 is 4.74 Å². The molecule has 3 rings (SSSR count). The molecule has 0 atom stereocenters. The van der Waals surface area contributed by atoms with Crippen molar-refractivity contribution in [3.05, 3.63) is 53.0 Å². The highest BCUT2D eigenvalue weighted by molar-refractivity contribution is 9.10. The fourth-order valence-electron chi connectivity index (χ4n) is 2.88. The Morgan fingerprint density at radius 3 is 2.75 bits per heavy atom. The fraction of sp³-hybridized carbons (Fsp3) is 0.350. The second kappa shape index (κ2) is 10.1. The summed E-state index contributed by atoms with van der Waals surface area (Å²) >= 11 is 3.49. The average molecular weight is 445 g/mol. The molecule has 1 aromatic heterocycles. The van der Waals surface area contributed by atoms with Crippen molar-refractivity contribution in [1.82, 2.24) is 25.4 Å². The van der Waals surface area contributed by atoms with Crippen molar-refractivity contribution >= 4 is 32.7 Å². The number of fused-ring (bicyclic) bond motifs is 1. The normalized spacial score (nSPS) is 11.6. The lowest BCUT2D eigenvalue weighted by molar-refractivity contribution is 0.322. The summed E-state index contributed by atoms with van der Waals surface area (Å²) < 4.78 is 8.97. The highest BCUT2D eigenvalue weighted by Crippen LogP contribution is 2.23. The Bertz CT molecular complexity index is 939. The zero-order valence-corrected chi connectivity index (χ0v) is 17.7. The smallest absolute Gasteiger partial charge is 0.191 e. The maximum absolute atomic E-state index is 5.86. The summed E-state index contributed by atoms with van der Waals surface area (Å²) in [6.07, 6.45) is 2.63. The lowest BCUT2D eigenvalue weighted by Crippen LogP contribution is -2.40. The molecule has 148 valence electrons. The Morgan fingerprint density at radius 1 is 1.14 bits per heavy atom. The zero-order chi connectivity index (χ0) is 19.8. The van der Waals surface area contributed by atoms with Gasteiger partial charge >= 0.3 is 0 Å². The molecular formula is C20H25BrN6O. The minimum absolute atomic E-state index is 0.550. The molecule has 0 spiro atoms. The fourth-order valence-corrected chi connectivity index (χ4v) is 3.26. The topological polar surface area (TPSA) is 76.4 Å². The van der Waals surface area contributed by atoms with Crippen molar-refractivity contribution in [1.29, 1.82) is 0 Å². The van der Waals surface area contributed by atoms with E-state index in [2.05, 4.69) is 72.9 Å². The quantitative estimate of drug-likeness (QED) is 0.317. The highest BCUT2D eigenvalue weighted by atomic mass is 79.9. The van der Waals surface area contributed by atoms with E-state index >= 15 is 0 Å². The van der Waals surface area contributed by atoms with Crippen LogP contribution in [0.15, 0.2) is 52.2 Å². The largest absolute Gasteiger partial charge is 0.492 e. The molecule has 0 aliphatic carbocycles. The van der Waals surface area contributed by atoms with Gasteiger partial charge in [0.1, 0.15) is 24.5 Å². The summed E-state index contributed by atoms with van der Waals surface area (Å²) in [5.41, 5.74) is 0. The number of ether oxygens (including phenoxy) is 1. The number of aromatic nitrogens is 3. The molecule has 0 radical (unpaired) electrons. The van der Waals surface area contributed by atoms with Crippen LogP contribution in [0, 0.1) is 0 Å². The number of hydrogen-bond acceptors (Lipinski definition) is 4. The van der Waals surface area contributed by atoms with Crippen molar-refractivity contribution in [2.45, 2.75) is 19.9 Å². The van der Waals surface area contributed by atoms with Gasteiger partial charge in [-0.15, -0.1) is 10.2 Å². The predicted octanol–water partition coefficient (Wildman–Crippen LogP) is 3.00. The molecule has 0 aliphatic rings. The van der Waals surface area contributed by atoms with E-state index in [-0.39, 0.29) is 0 Å². The molecule has 0 saturated heterocycles. The van der Waals surface area contributed by atoms with E-state index in [1.165, 1.54) is 5.39 Å². The number of hydrogen-bond donors (Lipinski definition) is 2. The van der Waals surface area contributed by atoms with Crippen LogP contribution in [0.25, 0.3) is 10.8 Å². The molecular weight excluding hydrogens is 420 g/mol. The lowest BCUT2D eigenvalue weighted by Gasteiger charge is -2.13. The van der Waals surface area contributed by atoms with Crippen LogP contribution in [0.2, 0.25) is 0 Å². The van der Waals surface area contributed by atoms with Crippen LogP contribution in [0.4, 0.5) is 0 Å². The molecule has 3 aromatic rings. The Balaban J connectivity index is 1.40. The summed E-state index contributed by atoms with van der Waals surface area (Å²) in [7, 11) is 1.76. The van der Waals surface area contributed by atoms with Crippen LogP contribution >= 0.6 is 15.9 Å². The Morgan fingerprint density at radius 2 is 1.93 bits per heavy atom. The van der Waals surface area contributed by atoms with Gasteiger partial charge in [0.15, 0.2) is 5.96 Å². The molecule has 2 N–H and O–H groups in total. The van der Waals surface area contributed by atoms with Crippen LogP contribution in [0.1, 0.15) is 12.7 Å². The number of halogens is 1. The number of aryl methyl sites for hydroxylation is 1. The van der Waals surface area contributed by atoms with Gasteiger partial charge in [-0.1, -0.05) is 35.0 Å². The summed E-state index contributed by atoms with van der Waals surface area (Å²) in [5, 5.41) is 16.9. The number of rotatable bonds is 8. The van der Waals surface area contributed by atoms with Crippen molar-refractivity contribution in [3.8, 4) is 5.75 Å². The first-order valence-electron chi connectivity index (χ1n) is 9.33. The molecule has 2 aromatic carbocycles. The third-order valence-electron chi connectivity index (χ3n) is 4.32. The third-order valence-corrected chi connectivity index (χ3v) is 4.81. The van der Waals surface area contributed by atoms with Crippen LogP contribution in [0.3, 0.4) is 0 Å². The van der Waals surface area contributed by atoms with Gasteiger partial charge in [0.2, 0.25) is 0 Å². The van der Waals surface area contributed by atoms with Gasteiger partial charge in [0, 0.05) is 31.0 Å². The van der Waals surface area contributed by atoms with E-state index in [1.54, 1.807) is 13.4 Å². The molecule has 0 unspecified atom stereocenters. The van der Waals surface area contributed by atoms with Crippen LogP contribution < -0.4 is 15.4 Å². The molecule has 0 saturated carbocycles. The summed E-state index contributed by atoms with van der Waals surface area (Å²) in [4.78, 5) is 4.24. The number of guanidine groups is 1. The van der Waals surface area contributed by atoms with Crippen molar-refractivity contribution in [2.24, 2.45) is 4.99 Å². The number of nitrogens with one attached hydrogen (secondary N) is 2. The third kappa shape index (κ3) is 5.45. The Labute approximate surface area is 173 Å². The lowest BCUT2D eigenvalue weighted by atomic mass is 10.1. The van der Waals surface area contributed by atoms with Crippen LogP contribution in [0.5, 0.6) is 5.75 Å². The van der Waals surface area contributed by atoms with Gasteiger partial charge in [-0.05, 0) is 35.0 Å². The van der Waals surface area contributed by atoms with Gasteiger partial charge in [-0.25, -0.2) is 0 Å². The van der Waals surface area contributed by atoms with Gasteiger partial charge < -0.3 is 19.9 Å². The monoisotopic (exact) mass is 444 g/mol. The zero-order valence-electron chi connectivity index (χ0n) is 16.2. The van der Waals surface area contributed by atoms with E-state index in [0.29, 0.717) is 13.2 Å². The summed E-state index contributed by atoms with van der Waals surface area (Å²) in [6, 6.07) is 12.3. The van der Waals surface area contributed by atoms with E-state index < -0.39 is 0 Å². The van der Waals surface area contributed by atoms with Crippen LogP contribution in [-0.4, -0.2) is 47.5 Å². The minimum Gasteiger partial charge on any atom is -0.492 e. The predicted molar refractivity (Wildman–Crippen MR) is 116 cm³/mol. The molecule has 0 aliphatic heterocycles. The van der Waals surface area contributed by atoms with Crippen molar-refractivity contribution in [2.75, 3.05) is 26.7 Å². The molecule has 1 heterocycles. The molecule has 0 fully saturated rings. The second-order valence-electron chi connectivity index (χ2n) is 6.22. The van der Waals surface area contributed by atoms with Gasteiger partial charge in [0.05, 0.1) is 6.54 Å². The summed E-state index contributed by atoms with van der Waals surface area (Å²) in [6.45, 7) is 4.81. The molecule has 28 heavy (non-hydrogen) atoms. The molecule has 8 heteroatoms. The van der Waals surface area contributed by atoms with Gasteiger partial charge in [-0.2, -0.15) is 0 Å². The van der Waals surface area contributed by atoms with E-state index in [1.807, 2.05) is 16.7 Å². The number of nitrogens with zero attached hydrogens (tertiary/aromatic N) is 4. The van der Waals surface area contributed by atoms with Gasteiger partial charge in [-0.3, -0.25) is 4.99 Å². The van der Waals surface area contributed by atoms with E-state index in [0.717, 1.165) is 46.9 Å². The Kier molecular flexibility index (Phi) is 7.25. The standard InChI is InChI=1S/C20H25BrN6O/c1-3-19-26-25-14-27(19)10-8-23-20(22-2)24-9-11-28-18-7-5-15-12-17(21)6-4-16(15)13-18/h4-7,12-14H,3,8-11H2,1-2H3,(H2,22,23,24). The average Bonchev–Trinajstić information content (AvgIpc) is 3.17. The maximum atomic E-state index is 5.86. The minimum atomic E-state index is 0.550. The Hall–Kier alpha value is -2.61. The molecule has 0 bridgehead atoms. The maximum Gasteiger partial charge on any atom is 0.191 e. The molecule has 7 nitrogen and oxygen atoms in total. The summed E-state index contributed by atoms with van der Waals surface area (Å²) in [5.74, 6) is 2.60. The first-order chi connectivity index (χ1) is 13.7. The van der Waals surface area contributed by atoms with Gasteiger partial charge in [0.25, 0.3) is 0 Å². The SMILES string of the molecule is CCc1nncn1CCNC(=NC)NCCOc1ccc2cc(Br)ccc2c1. The number of aliphatic imine (C=N–C) groups is 1. The first-order valence-corrected chi connectivity index (χ1v) is 10.1. The first kappa shape index (κ1) is 20.1. The van der Waals surface area contributed by atoms with Crippen LogP contribution in [-0.2, 0) is 13.0 Å². The van der Waals surface area contributed by atoms with E-state index in [4.69, 9.17) is 4.74 Å².